The minimum atomic E-state index is -0.880. The van der Waals surface area contributed by atoms with Crippen LogP contribution in [0.5, 0.6) is 0 Å². The van der Waals surface area contributed by atoms with Crippen LogP contribution >= 0.6 is 57.9 Å². The molecule has 1 aliphatic rings. The van der Waals surface area contributed by atoms with Crippen molar-refractivity contribution < 1.29 is 15.0 Å². The Kier molecular flexibility index (Phi) is 7.99. The van der Waals surface area contributed by atoms with Crippen molar-refractivity contribution >= 4 is 63.9 Å². The molecule has 1 aromatic heterocycles. The molecule has 28 heavy (non-hydrogen) atoms. The molecule has 4 atom stereocenters. The van der Waals surface area contributed by atoms with Gasteiger partial charge in [0.1, 0.15) is 4.88 Å². The number of carboxylic acids is 1. The van der Waals surface area contributed by atoms with Crippen molar-refractivity contribution in [2.24, 2.45) is 11.8 Å². The standard InChI is InChI=1S/C20H21Cl3O3S2/c21-11-6-12(22)8-14(7-11)27-10-16-15(17(23)9-18(16)24)3-1-2-13-4-5-19(28-13)20(25)26/h4-8,15-18,24H,1-3,9-10H2,(H,25,26)/t15-,16-,17?,18-/m1/s1. The summed E-state index contributed by atoms with van der Waals surface area (Å²) >= 11 is 21.6. The van der Waals surface area contributed by atoms with Crippen LogP contribution in [0, 0.1) is 11.8 Å². The van der Waals surface area contributed by atoms with E-state index < -0.39 is 12.1 Å². The molecule has 1 heterocycles. The topological polar surface area (TPSA) is 57.5 Å². The zero-order valence-electron chi connectivity index (χ0n) is 15.0. The molecular weight excluding hydrogens is 459 g/mol. The van der Waals surface area contributed by atoms with E-state index in [9.17, 15) is 9.90 Å². The van der Waals surface area contributed by atoms with Crippen molar-refractivity contribution in [1.29, 1.82) is 0 Å². The zero-order chi connectivity index (χ0) is 20.3. The number of hydrogen-bond acceptors (Lipinski definition) is 4. The Morgan fingerprint density at radius 1 is 1.18 bits per heavy atom. The number of carbonyl (C=O) groups is 1. The molecule has 0 saturated heterocycles. The van der Waals surface area contributed by atoms with Crippen LogP contribution < -0.4 is 0 Å². The summed E-state index contributed by atoms with van der Waals surface area (Å²) in [6.07, 6.45) is 2.86. The minimum absolute atomic E-state index is 0.0403. The second kappa shape index (κ2) is 10.1. The molecule has 0 bridgehead atoms. The lowest BCUT2D eigenvalue weighted by atomic mass is 9.91. The average Bonchev–Trinajstić information content (AvgIpc) is 3.18. The first kappa shape index (κ1) is 22.3. The van der Waals surface area contributed by atoms with Crippen LogP contribution in [0.25, 0.3) is 0 Å². The molecule has 1 aliphatic carbocycles. The first-order valence-electron chi connectivity index (χ1n) is 9.06. The van der Waals surface area contributed by atoms with E-state index in [1.807, 2.05) is 18.2 Å². The largest absolute Gasteiger partial charge is 0.477 e. The highest BCUT2D eigenvalue weighted by Gasteiger charge is 2.40. The van der Waals surface area contributed by atoms with Crippen LogP contribution in [-0.4, -0.2) is 33.4 Å². The average molecular weight is 480 g/mol. The van der Waals surface area contributed by atoms with Gasteiger partial charge in [-0.3, -0.25) is 0 Å². The van der Waals surface area contributed by atoms with Crippen LogP contribution in [0.15, 0.2) is 35.2 Å². The summed E-state index contributed by atoms with van der Waals surface area (Å²) in [7, 11) is 0. The van der Waals surface area contributed by atoms with Crippen LogP contribution in [-0.2, 0) is 6.42 Å². The third-order valence-corrected chi connectivity index (χ3v) is 8.28. The quantitative estimate of drug-likeness (QED) is 0.336. The molecule has 3 nitrogen and oxygen atoms in total. The van der Waals surface area contributed by atoms with Crippen LogP contribution in [0.2, 0.25) is 10.0 Å². The predicted molar refractivity (Wildman–Crippen MR) is 119 cm³/mol. The minimum Gasteiger partial charge on any atom is -0.477 e. The number of hydrogen-bond donors (Lipinski definition) is 2. The van der Waals surface area contributed by atoms with Crippen LogP contribution in [0.4, 0.5) is 0 Å². The lowest BCUT2D eigenvalue weighted by Crippen LogP contribution is -2.23. The van der Waals surface area contributed by atoms with Crippen LogP contribution in [0.3, 0.4) is 0 Å². The Balaban J connectivity index is 1.56. The molecule has 1 unspecified atom stereocenters. The van der Waals surface area contributed by atoms with Gasteiger partial charge < -0.3 is 10.2 Å². The summed E-state index contributed by atoms with van der Waals surface area (Å²) in [5.41, 5.74) is 0. The normalized spacial score (nSPS) is 24.6. The number of aromatic carboxylic acids is 1. The molecule has 8 heteroatoms. The Morgan fingerprint density at radius 3 is 2.54 bits per heavy atom. The lowest BCUT2D eigenvalue weighted by Gasteiger charge is -2.23. The smallest absolute Gasteiger partial charge is 0.345 e. The maximum absolute atomic E-state index is 11.0. The lowest BCUT2D eigenvalue weighted by molar-refractivity contribution is 0.0702. The van der Waals surface area contributed by atoms with E-state index >= 15 is 0 Å². The number of halogens is 3. The van der Waals surface area contributed by atoms with Crippen molar-refractivity contribution in [2.75, 3.05) is 5.75 Å². The molecule has 0 amide bonds. The summed E-state index contributed by atoms with van der Waals surface area (Å²) in [6, 6.07) is 9.00. The second-order valence-corrected chi connectivity index (χ2v) is 10.7. The highest BCUT2D eigenvalue weighted by Crippen LogP contribution is 2.42. The van der Waals surface area contributed by atoms with Gasteiger partial charge in [-0.15, -0.1) is 34.7 Å². The van der Waals surface area contributed by atoms with Gasteiger partial charge in [0.2, 0.25) is 0 Å². The molecule has 0 spiro atoms. The van der Waals surface area contributed by atoms with Crippen molar-refractivity contribution in [3.8, 4) is 0 Å². The molecule has 1 saturated carbocycles. The number of thiophene rings is 1. The number of benzene rings is 1. The number of aliphatic hydroxyl groups is 1. The van der Waals surface area contributed by atoms with Gasteiger partial charge in [0, 0.05) is 30.9 Å². The fourth-order valence-electron chi connectivity index (χ4n) is 3.71. The van der Waals surface area contributed by atoms with Gasteiger partial charge in [-0.1, -0.05) is 23.2 Å². The van der Waals surface area contributed by atoms with Gasteiger partial charge in [0.05, 0.1) is 6.10 Å². The molecule has 0 radical (unpaired) electrons. The second-order valence-electron chi connectivity index (χ2n) is 7.03. The van der Waals surface area contributed by atoms with E-state index in [4.69, 9.17) is 39.9 Å². The number of rotatable bonds is 8. The summed E-state index contributed by atoms with van der Waals surface area (Å²) in [5.74, 6) is 0.226. The van der Waals surface area contributed by atoms with Gasteiger partial charge in [-0.2, -0.15) is 0 Å². The van der Waals surface area contributed by atoms with Gasteiger partial charge >= 0.3 is 5.97 Å². The third kappa shape index (κ3) is 5.80. The van der Waals surface area contributed by atoms with Crippen molar-refractivity contribution in [2.45, 2.75) is 42.1 Å². The first-order chi connectivity index (χ1) is 13.3. The SMILES string of the molecule is O=C(O)c1ccc(CCC[C@H]2C(Cl)C[C@@H](O)[C@@H]2CSc2cc(Cl)cc(Cl)c2)s1. The third-order valence-electron chi connectivity index (χ3n) is 5.09. The summed E-state index contributed by atoms with van der Waals surface area (Å²) < 4.78 is 0. The Bertz CT molecular complexity index is 807. The highest BCUT2D eigenvalue weighted by atomic mass is 35.5. The number of thioether (sulfide) groups is 1. The van der Waals surface area contributed by atoms with Gasteiger partial charge in [0.15, 0.2) is 0 Å². The van der Waals surface area contributed by atoms with E-state index in [-0.39, 0.29) is 17.2 Å². The fourth-order valence-corrected chi connectivity index (χ4v) is 7.02. The molecule has 0 aliphatic heterocycles. The number of alkyl halides is 1. The molecule has 2 N–H and O–H groups in total. The van der Waals surface area contributed by atoms with E-state index in [1.165, 1.54) is 11.3 Å². The summed E-state index contributed by atoms with van der Waals surface area (Å²) in [4.78, 5) is 13.4. The van der Waals surface area contributed by atoms with E-state index in [1.54, 1.807) is 23.9 Å². The molecule has 152 valence electrons. The molecular formula is C20H21Cl3O3S2. The monoisotopic (exact) mass is 478 g/mol. The number of aliphatic hydroxyl groups excluding tert-OH is 1. The van der Waals surface area contributed by atoms with Gasteiger partial charge in [0.25, 0.3) is 0 Å². The molecule has 1 fully saturated rings. The van der Waals surface area contributed by atoms with E-state index in [0.717, 1.165) is 34.8 Å². The predicted octanol–water partition coefficient (Wildman–Crippen LogP) is 6.47. The van der Waals surface area contributed by atoms with E-state index in [0.29, 0.717) is 21.3 Å². The number of carboxylic acid groups (broad SMARTS) is 1. The molecule has 3 rings (SSSR count). The maximum Gasteiger partial charge on any atom is 0.345 e. The molecule has 1 aromatic carbocycles. The van der Waals surface area contributed by atoms with Crippen molar-refractivity contribution in [1.82, 2.24) is 0 Å². The highest BCUT2D eigenvalue weighted by molar-refractivity contribution is 7.99. The van der Waals surface area contributed by atoms with Gasteiger partial charge in [-0.05, 0) is 67.9 Å². The summed E-state index contributed by atoms with van der Waals surface area (Å²) in [6.45, 7) is 0. The van der Waals surface area contributed by atoms with Crippen molar-refractivity contribution in [3.63, 3.8) is 0 Å². The summed E-state index contributed by atoms with van der Waals surface area (Å²) in [5, 5.41) is 20.7. The fraction of sp³-hybridized carbons (Fsp3) is 0.450. The Labute approximate surface area is 188 Å². The van der Waals surface area contributed by atoms with E-state index in [2.05, 4.69) is 0 Å². The number of aryl methyl sites for hydroxylation is 1. The maximum atomic E-state index is 11.0. The Morgan fingerprint density at radius 2 is 1.89 bits per heavy atom. The van der Waals surface area contributed by atoms with Crippen molar-refractivity contribution in [3.05, 3.63) is 50.1 Å². The molecule has 2 aromatic rings. The first-order valence-corrected chi connectivity index (χ1v) is 12.1. The zero-order valence-corrected chi connectivity index (χ0v) is 18.9. The Hall–Kier alpha value is -0.430. The van der Waals surface area contributed by atoms with Crippen LogP contribution in [0.1, 0.15) is 33.8 Å². The van der Waals surface area contributed by atoms with Gasteiger partial charge in [-0.25, -0.2) is 4.79 Å².